The maximum absolute atomic E-state index is 11.9. The largest absolute Gasteiger partial charge is 0.477 e. The van der Waals surface area contributed by atoms with Crippen molar-refractivity contribution in [2.45, 2.75) is 18.8 Å². The summed E-state index contributed by atoms with van der Waals surface area (Å²) >= 11 is 0. The lowest BCUT2D eigenvalue weighted by Gasteiger charge is -2.16. The molecule has 1 amide bonds. The molecule has 2 atom stereocenters. The van der Waals surface area contributed by atoms with Crippen molar-refractivity contribution in [2.24, 2.45) is 0 Å². The Kier molecular flexibility index (Phi) is 3.35. The Morgan fingerprint density at radius 1 is 1.28 bits per heavy atom. The zero-order valence-electron chi connectivity index (χ0n) is 9.56. The SMILES string of the molecule is O=C(O)c1cccn1CC(=O)N1CC(O)C(O)C1. The lowest BCUT2D eigenvalue weighted by Crippen LogP contribution is -2.33. The minimum Gasteiger partial charge on any atom is -0.477 e. The van der Waals surface area contributed by atoms with E-state index in [2.05, 4.69) is 0 Å². The molecule has 98 valence electrons. The molecule has 0 saturated carbocycles. The first-order chi connectivity index (χ1) is 8.49. The number of hydrogen-bond acceptors (Lipinski definition) is 4. The average molecular weight is 254 g/mol. The molecule has 1 aromatic rings. The number of hydrogen-bond donors (Lipinski definition) is 3. The van der Waals surface area contributed by atoms with Gasteiger partial charge in [0.2, 0.25) is 5.91 Å². The Labute approximate surface area is 103 Å². The van der Waals surface area contributed by atoms with Crippen LogP contribution in [0.2, 0.25) is 0 Å². The maximum Gasteiger partial charge on any atom is 0.352 e. The molecule has 2 heterocycles. The van der Waals surface area contributed by atoms with Gasteiger partial charge in [-0.15, -0.1) is 0 Å². The third-order valence-corrected chi connectivity index (χ3v) is 2.97. The van der Waals surface area contributed by atoms with Gasteiger partial charge >= 0.3 is 5.97 Å². The summed E-state index contributed by atoms with van der Waals surface area (Å²) in [6.07, 6.45) is -0.361. The number of likely N-dealkylation sites (tertiary alicyclic amines) is 1. The number of aromatic carboxylic acids is 1. The molecule has 1 aliphatic heterocycles. The molecule has 1 saturated heterocycles. The lowest BCUT2D eigenvalue weighted by molar-refractivity contribution is -0.131. The normalized spacial score (nSPS) is 23.3. The van der Waals surface area contributed by atoms with Crippen LogP contribution in [0.4, 0.5) is 0 Å². The Balaban J connectivity index is 2.04. The van der Waals surface area contributed by atoms with Gasteiger partial charge in [-0.05, 0) is 12.1 Å². The molecular formula is C11H14N2O5. The van der Waals surface area contributed by atoms with Crippen molar-refractivity contribution in [2.75, 3.05) is 13.1 Å². The minimum atomic E-state index is -1.10. The van der Waals surface area contributed by atoms with E-state index in [1.54, 1.807) is 6.07 Å². The number of aliphatic hydroxyl groups excluding tert-OH is 2. The first-order valence-electron chi connectivity index (χ1n) is 5.51. The predicted molar refractivity (Wildman–Crippen MR) is 60.0 cm³/mol. The molecule has 0 radical (unpaired) electrons. The average Bonchev–Trinajstić information content (AvgIpc) is 2.87. The highest BCUT2D eigenvalue weighted by Crippen LogP contribution is 2.11. The molecule has 7 nitrogen and oxygen atoms in total. The predicted octanol–water partition coefficient (Wildman–Crippen LogP) is -1.25. The van der Waals surface area contributed by atoms with Crippen LogP contribution < -0.4 is 0 Å². The molecule has 0 bridgehead atoms. The topological polar surface area (TPSA) is 103 Å². The van der Waals surface area contributed by atoms with Gasteiger partial charge in [0.1, 0.15) is 12.2 Å². The molecule has 2 rings (SSSR count). The van der Waals surface area contributed by atoms with Gasteiger partial charge in [0.25, 0.3) is 0 Å². The smallest absolute Gasteiger partial charge is 0.352 e. The number of carboxylic acids is 1. The Morgan fingerprint density at radius 2 is 1.89 bits per heavy atom. The first-order valence-corrected chi connectivity index (χ1v) is 5.51. The summed E-state index contributed by atoms with van der Waals surface area (Å²) in [5.74, 6) is -1.43. The number of aromatic nitrogens is 1. The van der Waals surface area contributed by atoms with E-state index in [9.17, 15) is 19.8 Å². The van der Waals surface area contributed by atoms with Gasteiger partial charge in [0.05, 0.1) is 12.2 Å². The Hall–Kier alpha value is -1.86. The third kappa shape index (κ3) is 2.36. The second-order valence-electron chi connectivity index (χ2n) is 4.26. The van der Waals surface area contributed by atoms with Crippen molar-refractivity contribution in [1.82, 2.24) is 9.47 Å². The van der Waals surface area contributed by atoms with Gasteiger partial charge in [0, 0.05) is 19.3 Å². The number of carbonyl (C=O) groups excluding carboxylic acids is 1. The van der Waals surface area contributed by atoms with E-state index in [0.717, 1.165) is 0 Å². The standard InChI is InChI=1S/C11H14N2O5/c14-8-4-13(5-9(8)15)10(16)6-12-3-1-2-7(12)11(17)18/h1-3,8-9,14-15H,4-6H2,(H,17,18). The number of nitrogens with zero attached hydrogens (tertiary/aromatic N) is 2. The number of carbonyl (C=O) groups is 2. The van der Waals surface area contributed by atoms with Gasteiger partial charge in [-0.2, -0.15) is 0 Å². The van der Waals surface area contributed by atoms with Crippen LogP contribution in [0.5, 0.6) is 0 Å². The molecule has 0 spiro atoms. The van der Waals surface area contributed by atoms with Crippen molar-refractivity contribution in [3.05, 3.63) is 24.0 Å². The van der Waals surface area contributed by atoms with Crippen LogP contribution in [0.15, 0.2) is 18.3 Å². The van der Waals surface area contributed by atoms with Crippen molar-refractivity contribution in [1.29, 1.82) is 0 Å². The quantitative estimate of drug-likeness (QED) is 0.625. The number of rotatable bonds is 3. The molecule has 1 aromatic heterocycles. The highest BCUT2D eigenvalue weighted by molar-refractivity contribution is 5.87. The molecule has 1 aliphatic rings. The van der Waals surface area contributed by atoms with Gasteiger partial charge in [0.15, 0.2) is 0 Å². The fourth-order valence-corrected chi connectivity index (χ4v) is 1.96. The lowest BCUT2D eigenvalue weighted by atomic mass is 10.3. The number of carboxylic acid groups (broad SMARTS) is 1. The van der Waals surface area contributed by atoms with Gasteiger partial charge in [-0.25, -0.2) is 4.79 Å². The monoisotopic (exact) mass is 254 g/mol. The van der Waals surface area contributed by atoms with Gasteiger partial charge in [-0.3, -0.25) is 4.79 Å². The second kappa shape index (κ2) is 4.79. The fraction of sp³-hybridized carbons (Fsp3) is 0.455. The molecule has 2 unspecified atom stereocenters. The molecule has 7 heteroatoms. The summed E-state index contributed by atoms with van der Waals surface area (Å²) in [5, 5.41) is 27.6. The zero-order valence-corrected chi connectivity index (χ0v) is 9.56. The summed E-state index contributed by atoms with van der Waals surface area (Å²) in [6.45, 7) is 0.0292. The minimum absolute atomic E-state index is 0.0312. The molecular weight excluding hydrogens is 240 g/mol. The fourth-order valence-electron chi connectivity index (χ4n) is 1.96. The van der Waals surface area contributed by atoms with E-state index in [1.165, 1.54) is 21.7 Å². The molecule has 0 aromatic carbocycles. The zero-order chi connectivity index (χ0) is 13.3. The van der Waals surface area contributed by atoms with Crippen LogP contribution in [0, 0.1) is 0 Å². The summed E-state index contributed by atoms with van der Waals surface area (Å²) in [7, 11) is 0. The van der Waals surface area contributed by atoms with Crippen LogP contribution in [0.3, 0.4) is 0 Å². The number of amides is 1. The summed E-state index contributed by atoms with van der Waals surface area (Å²) in [5.41, 5.74) is 0.0312. The molecule has 18 heavy (non-hydrogen) atoms. The van der Waals surface area contributed by atoms with E-state index in [1.807, 2.05) is 0 Å². The van der Waals surface area contributed by atoms with E-state index in [4.69, 9.17) is 5.11 Å². The Bertz CT molecular complexity index is 460. The van der Waals surface area contributed by atoms with Crippen molar-refractivity contribution >= 4 is 11.9 Å². The van der Waals surface area contributed by atoms with Crippen molar-refractivity contribution < 1.29 is 24.9 Å². The van der Waals surface area contributed by atoms with E-state index in [-0.39, 0.29) is 31.2 Å². The van der Waals surface area contributed by atoms with E-state index < -0.39 is 18.2 Å². The van der Waals surface area contributed by atoms with Crippen LogP contribution in [-0.2, 0) is 11.3 Å². The third-order valence-electron chi connectivity index (χ3n) is 2.97. The number of aliphatic hydroxyl groups is 2. The second-order valence-corrected chi connectivity index (χ2v) is 4.26. The molecule has 3 N–H and O–H groups in total. The molecule has 0 aliphatic carbocycles. The maximum atomic E-state index is 11.9. The highest BCUT2D eigenvalue weighted by Gasteiger charge is 2.32. The van der Waals surface area contributed by atoms with Crippen LogP contribution in [0.1, 0.15) is 10.5 Å². The number of β-amino-alcohol motifs (C(OH)–C–C–N with tert-alkyl or cyclic N) is 2. The van der Waals surface area contributed by atoms with E-state index in [0.29, 0.717) is 0 Å². The van der Waals surface area contributed by atoms with Crippen LogP contribution in [0.25, 0.3) is 0 Å². The van der Waals surface area contributed by atoms with Gasteiger partial charge < -0.3 is 24.8 Å². The summed E-state index contributed by atoms with van der Waals surface area (Å²) < 4.78 is 1.32. The van der Waals surface area contributed by atoms with Crippen molar-refractivity contribution in [3.63, 3.8) is 0 Å². The first kappa shape index (κ1) is 12.6. The van der Waals surface area contributed by atoms with E-state index >= 15 is 0 Å². The Morgan fingerprint density at radius 3 is 2.44 bits per heavy atom. The van der Waals surface area contributed by atoms with Crippen LogP contribution in [-0.4, -0.2) is 62.0 Å². The molecule has 1 fully saturated rings. The summed E-state index contributed by atoms with van der Waals surface area (Å²) in [6, 6.07) is 2.95. The highest BCUT2D eigenvalue weighted by atomic mass is 16.4. The van der Waals surface area contributed by atoms with Gasteiger partial charge in [-0.1, -0.05) is 0 Å². The van der Waals surface area contributed by atoms with Crippen molar-refractivity contribution in [3.8, 4) is 0 Å². The van der Waals surface area contributed by atoms with Crippen LogP contribution >= 0.6 is 0 Å². The summed E-state index contributed by atoms with van der Waals surface area (Å²) in [4.78, 5) is 24.1.